The van der Waals surface area contributed by atoms with Gasteiger partial charge in [0.1, 0.15) is 0 Å². The molecule has 124 valence electrons. The first kappa shape index (κ1) is 16.5. The maximum Gasteiger partial charge on any atom is 0.253 e. The third kappa shape index (κ3) is 4.35. The maximum absolute atomic E-state index is 12.2. The van der Waals surface area contributed by atoms with Crippen molar-refractivity contribution in [2.45, 2.75) is 18.9 Å². The van der Waals surface area contributed by atoms with Gasteiger partial charge < -0.3 is 16.0 Å². The largest absolute Gasteiger partial charge is 0.376 e. The molecular weight excluding hydrogens is 370 g/mol. The van der Waals surface area contributed by atoms with E-state index in [1.165, 1.54) is 0 Å². The zero-order valence-corrected chi connectivity index (χ0v) is 14.6. The number of carbonyl (C=O) groups is 2. The van der Waals surface area contributed by atoms with Crippen LogP contribution in [0.5, 0.6) is 0 Å². The standard InChI is InChI=1S/C18H18BrN3O2/c19-14-6-2-4-8-16(14)22-17(23)11-20-15-7-3-1-5-13(15)18(24)21-12-9-10-12/h1-8,12,20H,9-11H2,(H,21,24)(H,22,23). The minimum atomic E-state index is -0.181. The summed E-state index contributed by atoms with van der Waals surface area (Å²) < 4.78 is 0.822. The number of benzene rings is 2. The summed E-state index contributed by atoms with van der Waals surface area (Å²) in [6, 6.07) is 14.9. The molecule has 0 heterocycles. The molecule has 6 heteroatoms. The van der Waals surface area contributed by atoms with E-state index < -0.39 is 0 Å². The van der Waals surface area contributed by atoms with Crippen LogP contribution in [0, 0.1) is 0 Å². The zero-order valence-electron chi connectivity index (χ0n) is 13.0. The van der Waals surface area contributed by atoms with E-state index in [4.69, 9.17) is 0 Å². The van der Waals surface area contributed by atoms with Gasteiger partial charge in [-0.05, 0) is 53.0 Å². The fourth-order valence-corrected chi connectivity index (χ4v) is 2.64. The first-order chi connectivity index (χ1) is 11.6. The predicted molar refractivity (Wildman–Crippen MR) is 98.2 cm³/mol. The van der Waals surface area contributed by atoms with E-state index in [1.54, 1.807) is 12.1 Å². The molecule has 3 rings (SSSR count). The topological polar surface area (TPSA) is 70.2 Å². The van der Waals surface area contributed by atoms with Crippen LogP contribution in [0.2, 0.25) is 0 Å². The van der Waals surface area contributed by atoms with Crippen LogP contribution in [-0.2, 0) is 4.79 Å². The number of para-hydroxylation sites is 2. The summed E-state index contributed by atoms with van der Waals surface area (Å²) in [5, 5.41) is 8.82. The third-order valence-corrected chi connectivity index (χ3v) is 4.36. The number of anilines is 2. The number of carbonyl (C=O) groups excluding carboxylic acids is 2. The van der Waals surface area contributed by atoms with Gasteiger partial charge in [0.25, 0.3) is 5.91 Å². The fourth-order valence-electron chi connectivity index (χ4n) is 2.26. The molecule has 0 radical (unpaired) electrons. The molecule has 0 aromatic heterocycles. The van der Waals surface area contributed by atoms with E-state index in [9.17, 15) is 9.59 Å². The van der Waals surface area contributed by atoms with Crippen molar-refractivity contribution in [3.63, 3.8) is 0 Å². The summed E-state index contributed by atoms with van der Waals surface area (Å²) in [5.74, 6) is -0.286. The summed E-state index contributed by atoms with van der Waals surface area (Å²) in [5.41, 5.74) is 1.92. The highest BCUT2D eigenvalue weighted by Gasteiger charge is 2.24. The van der Waals surface area contributed by atoms with Gasteiger partial charge in [-0.1, -0.05) is 24.3 Å². The van der Waals surface area contributed by atoms with E-state index in [0.29, 0.717) is 23.0 Å². The molecule has 0 bridgehead atoms. The molecule has 0 atom stereocenters. The predicted octanol–water partition coefficient (Wildman–Crippen LogP) is 3.39. The van der Waals surface area contributed by atoms with E-state index >= 15 is 0 Å². The Morgan fingerprint density at radius 1 is 1.00 bits per heavy atom. The van der Waals surface area contributed by atoms with Gasteiger partial charge in [-0.3, -0.25) is 9.59 Å². The molecule has 1 aliphatic rings. The Bertz CT molecular complexity index is 759. The van der Waals surface area contributed by atoms with Crippen LogP contribution in [0.3, 0.4) is 0 Å². The summed E-state index contributed by atoms with van der Waals surface area (Å²) >= 11 is 3.39. The van der Waals surface area contributed by atoms with Crippen LogP contribution >= 0.6 is 15.9 Å². The van der Waals surface area contributed by atoms with Crippen LogP contribution in [-0.4, -0.2) is 24.4 Å². The molecule has 0 aliphatic heterocycles. The Balaban J connectivity index is 1.61. The van der Waals surface area contributed by atoms with Gasteiger partial charge in [0, 0.05) is 16.2 Å². The number of halogens is 1. The highest BCUT2D eigenvalue weighted by Crippen LogP contribution is 2.22. The van der Waals surface area contributed by atoms with Crippen LogP contribution in [0.25, 0.3) is 0 Å². The fraction of sp³-hybridized carbons (Fsp3) is 0.222. The number of rotatable bonds is 6. The van der Waals surface area contributed by atoms with Crippen molar-refractivity contribution in [2.24, 2.45) is 0 Å². The lowest BCUT2D eigenvalue weighted by Crippen LogP contribution is -2.27. The van der Waals surface area contributed by atoms with Crippen LogP contribution < -0.4 is 16.0 Å². The molecule has 0 spiro atoms. The van der Waals surface area contributed by atoms with Crippen molar-refractivity contribution in [1.82, 2.24) is 5.32 Å². The number of hydrogen-bond acceptors (Lipinski definition) is 3. The van der Waals surface area contributed by atoms with Gasteiger partial charge in [-0.25, -0.2) is 0 Å². The summed E-state index contributed by atoms with van der Waals surface area (Å²) in [4.78, 5) is 24.4. The molecular formula is C18H18BrN3O2. The number of nitrogens with one attached hydrogen (secondary N) is 3. The van der Waals surface area contributed by atoms with E-state index in [-0.39, 0.29) is 18.4 Å². The van der Waals surface area contributed by atoms with Gasteiger partial charge in [-0.15, -0.1) is 0 Å². The average Bonchev–Trinajstić information content (AvgIpc) is 3.39. The number of hydrogen-bond donors (Lipinski definition) is 3. The molecule has 2 amide bonds. The smallest absolute Gasteiger partial charge is 0.253 e. The molecule has 5 nitrogen and oxygen atoms in total. The SMILES string of the molecule is O=C(CNc1ccccc1C(=O)NC1CC1)Nc1ccccc1Br. The molecule has 1 saturated carbocycles. The summed E-state index contributed by atoms with van der Waals surface area (Å²) in [7, 11) is 0. The molecule has 24 heavy (non-hydrogen) atoms. The Morgan fingerprint density at radius 3 is 2.38 bits per heavy atom. The Kier molecular flexibility index (Phi) is 5.15. The van der Waals surface area contributed by atoms with Gasteiger partial charge in [0.2, 0.25) is 5.91 Å². The highest BCUT2D eigenvalue weighted by atomic mass is 79.9. The van der Waals surface area contributed by atoms with E-state index in [1.807, 2.05) is 36.4 Å². The first-order valence-electron chi connectivity index (χ1n) is 7.81. The van der Waals surface area contributed by atoms with Crippen molar-refractivity contribution < 1.29 is 9.59 Å². The first-order valence-corrected chi connectivity index (χ1v) is 8.61. The lowest BCUT2D eigenvalue weighted by Gasteiger charge is -2.12. The van der Waals surface area contributed by atoms with Crippen molar-refractivity contribution in [3.05, 3.63) is 58.6 Å². The Labute approximate surface area is 149 Å². The normalized spacial score (nSPS) is 13.2. The maximum atomic E-state index is 12.2. The second-order valence-corrected chi connectivity index (χ2v) is 6.53. The van der Waals surface area contributed by atoms with Crippen molar-refractivity contribution in [3.8, 4) is 0 Å². The van der Waals surface area contributed by atoms with Crippen LogP contribution in [0.1, 0.15) is 23.2 Å². The third-order valence-electron chi connectivity index (χ3n) is 3.67. The summed E-state index contributed by atoms with van der Waals surface area (Å²) in [6.07, 6.45) is 2.07. The van der Waals surface area contributed by atoms with Crippen molar-refractivity contribution in [1.29, 1.82) is 0 Å². The van der Waals surface area contributed by atoms with Crippen LogP contribution in [0.4, 0.5) is 11.4 Å². The van der Waals surface area contributed by atoms with Crippen LogP contribution in [0.15, 0.2) is 53.0 Å². The minimum absolute atomic E-state index is 0.0784. The van der Waals surface area contributed by atoms with E-state index in [2.05, 4.69) is 31.9 Å². The highest BCUT2D eigenvalue weighted by molar-refractivity contribution is 9.10. The lowest BCUT2D eigenvalue weighted by atomic mass is 10.1. The Morgan fingerprint density at radius 2 is 1.67 bits per heavy atom. The van der Waals surface area contributed by atoms with Gasteiger partial charge >= 0.3 is 0 Å². The quantitative estimate of drug-likeness (QED) is 0.711. The van der Waals surface area contributed by atoms with E-state index in [0.717, 1.165) is 17.3 Å². The molecule has 3 N–H and O–H groups in total. The second kappa shape index (κ2) is 7.49. The average molecular weight is 388 g/mol. The van der Waals surface area contributed by atoms with Gasteiger partial charge in [-0.2, -0.15) is 0 Å². The summed E-state index contributed by atoms with van der Waals surface area (Å²) in [6.45, 7) is 0.0784. The molecule has 1 aliphatic carbocycles. The molecule has 1 fully saturated rings. The molecule has 2 aromatic carbocycles. The minimum Gasteiger partial charge on any atom is -0.376 e. The molecule has 2 aromatic rings. The monoisotopic (exact) mass is 387 g/mol. The number of amides is 2. The lowest BCUT2D eigenvalue weighted by molar-refractivity contribution is -0.114. The van der Waals surface area contributed by atoms with Crippen molar-refractivity contribution >= 4 is 39.1 Å². The Hall–Kier alpha value is -2.34. The van der Waals surface area contributed by atoms with Gasteiger partial charge in [0.15, 0.2) is 0 Å². The zero-order chi connectivity index (χ0) is 16.9. The van der Waals surface area contributed by atoms with Crippen molar-refractivity contribution in [2.75, 3.05) is 17.2 Å². The second-order valence-electron chi connectivity index (χ2n) is 5.67. The molecule has 0 unspecified atom stereocenters. The van der Waals surface area contributed by atoms with Gasteiger partial charge in [0.05, 0.1) is 17.8 Å². The molecule has 0 saturated heterocycles.